The first-order valence-corrected chi connectivity index (χ1v) is 10.2. The van der Waals surface area contributed by atoms with Crippen LogP contribution in [0.3, 0.4) is 0 Å². The van der Waals surface area contributed by atoms with Gasteiger partial charge in [0.25, 0.3) is 5.56 Å². The monoisotopic (exact) mass is 408 g/mol. The highest BCUT2D eigenvalue weighted by Crippen LogP contribution is 2.16. The Kier molecular flexibility index (Phi) is 6.72. The van der Waals surface area contributed by atoms with Gasteiger partial charge in [-0.25, -0.2) is 4.79 Å². The molecule has 0 saturated heterocycles. The van der Waals surface area contributed by atoms with E-state index in [-0.39, 0.29) is 18.0 Å². The van der Waals surface area contributed by atoms with Crippen molar-refractivity contribution in [2.45, 2.75) is 39.3 Å². The molecule has 3 aromatic rings. The lowest BCUT2D eigenvalue weighted by molar-refractivity contribution is -0.116. The second-order valence-electron chi connectivity index (χ2n) is 7.54. The van der Waals surface area contributed by atoms with Gasteiger partial charge < -0.3 is 10.2 Å². The van der Waals surface area contributed by atoms with Gasteiger partial charge in [-0.2, -0.15) is 0 Å². The van der Waals surface area contributed by atoms with Gasteiger partial charge in [-0.1, -0.05) is 31.9 Å². The second-order valence-corrected chi connectivity index (χ2v) is 7.54. The zero-order chi connectivity index (χ0) is 21.7. The highest BCUT2D eigenvalue weighted by Gasteiger charge is 2.15. The molecule has 0 fully saturated rings. The fourth-order valence-electron chi connectivity index (χ4n) is 3.43. The summed E-state index contributed by atoms with van der Waals surface area (Å²) in [5.41, 5.74) is 1.39. The predicted octanol–water partition coefficient (Wildman–Crippen LogP) is 3.06. The van der Waals surface area contributed by atoms with E-state index >= 15 is 0 Å². The fraction of sp³-hybridized carbons (Fsp3) is 0.348. The van der Waals surface area contributed by atoms with Crippen LogP contribution >= 0.6 is 0 Å². The maximum atomic E-state index is 13.0. The van der Waals surface area contributed by atoms with Crippen LogP contribution < -0.4 is 21.5 Å². The Hall–Kier alpha value is -3.35. The van der Waals surface area contributed by atoms with Gasteiger partial charge >= 0.3 is 5.69 Å². The number of carbonyl (C=O) groups excluding carboxylic acids is 1. The number of hydrogen-bond donors (Lipinski definition) is 1. The van der Waals surface area contributed by atoms with Crippen LogP contribution in [0.1, 0.15) is 26.2 Å². The third-order valence-electron chi connectivity index (χ3n) is 5.09. The third kappa shape index (κ3) is 4.62. The maximum absolute atomic E-state index is 13.0. The highest BCUT2D eigenvalue weighted by atomic mass is 16.2. The molecule has 0 unspecified atom stereocenters. The van der Waals surface area contributed by atoms with Crippen LogP contribution in [0.2, 0.25) is 0 Å². The molecule has 0 bridgehead atoms. The lowest BCUT2D eigenvalue weighted by Crippen LogP contribution is -2.41. The Morgan fingerprint density at radius 1 is 0.967 bits per heavy atom. The molecule has 0 saturated carbocycles. The minimum Gasteiger partial charge on any atom is -0.378 e. The number of amides is 1. The molecule has 158 valence electrons. The van der Waals surface area contributed by atoms with E-state index < -0.39 is 5.69 Å². The van der Waals surface area contributed by atoms with Crippen LogP contribution in [0.15, 0.2) is 58.1 Å². The van der Waals surface area contributed by atoms with Crippen molar-refractivity contribution in [3.05, 3.63) is 69.4 Å². The molecule has 7 nitrogen and oxygen atoms in total. The van der Waals surface area contributed by atoms with Gasteiger partial charge in [-0.3, -0.25) is 18.7 Å². The number of unbranched alkanes of at least 4 members (excludes halogenated alkanes) is 2. The summed E-state index contributed by atoms with van der Waals surface area (Å²) in [4.78, 5) is 40.5. The number of fused-ring (bicyclic) bond motifs is 1. The topological polar surface area (TPSA) is 76.3 Å². The van der Waals surface area contributed by atoms with Crippen molar-refractivity contribution in [2.24, 2.45) is 0 Å². The molecular formula is C23H28N4O3. The lowest BCUT2D eigenvalue weighted by atomic mass is 10.2. The number of hydrogen-bond acceptors (Lipinski definition) is 4. The van der Waals surface area contributed by atoms with Gasteiger partial charge in [0, 0.05) is 32.0 Å². The molecule has 0 spiro atoms. The first-order valence-electron chi connectivity index (χ1n) is 10.2. The summed E-state index contributed by atoms with van der Waals surface area (Å²) >= 11 is 0. The molecule has 0 radical (unpaired) electrons. The van der Waals surface area contributed by atoms with E-state index in [4.69, 9.17) is 0 Å². The van der Waals surface area contributed by atoms with Crippen molar-refractivity contribution in [3.63, 3.8) is 0 Å². The predicted molar refractivity (Wildman–Crippen MR) is 121 cm³/mol. The fourth-order valence-corrected chi connectivity index (χ4v) is 3.43. The number of aromatic nitrogens is 2. The molecule has 1 heterocycles. The minimum atomic E-state index is -0.451. The number of anilines is 2. The van der Waals surface area contributed by atoms with E-state index in [1.807, 2.05) is 43.3 Å². The SMILES string of the molecule is CCCCCn1c(=O)c2ccccc2n(CC(=O)Nc2ccc(N(C)C)cc2)c1=O. The Labute approximate surface area is 175 Å². The van der Waals surface area contributed by atoms with Gasteiger partial charge in [0.1, 0.15) is 6.54 Å². The third-order valence-corrected chi connectivity index (χ3v) is 5.09. The summed E-state index contributed by atoms with van der Waals surface area (Å²) in [6.07, 6.45) is 2.67. The summed E-state index contributed by atoms with van der Waals surface area (Å²) in [6, 6.07) is 14.4. The van der Waals surface area contributed by atoms with Gasteiger partial charge in [-0.15, -0.1) is 0 Å². The number of nitrogens with one attached hydrogen (secondary N) is 1. The maximum Gasteiger partial charge on any atom is 0.331 e. The van der Waals surface area contributed by atoms with Crippen molar-refractivity contribution < 1.29 is 4.79 Å². The molecule has 0 aliphatic carbocycles. The van der Waals surface area contributed by atoms with Gasteiger partial charge in [0.05, 0.1) is 10.9 Å². The van der Waals surface area contributed by atoms with Crippen LogP contribution in [0.4, 0.5) is 11.4 Å². The summed E-state index contributed by atoms with van der Waals surface area (Å²) in [6.45, 7) is 2.25. The van der Waals surface area contributed by atoms with Gasteiger partial charge in [-0.05, 0) is 42.8 Å². The molecule has 2 aromatic carbocycles. The number of para-hydroxylation sites is 1. The largest absolute Gasteiger partial charge is 0.378 e. The number of nitrogens with zero attached hydrogens (tertiary/aromatic N) is 3. The number of carbonyl (C=O) groups is 1. The standard InChI is InChI=1S/C23H28N4O3/c1-4-5-8-15-26-22(29)19-9-6-7-10-20(19)27(23(26)30)16-21(28)24-17-11-13-18(14-12-17)25(2)3/h6-7,9-14H,4-5,8,15-16H2,1-3H3,(H,24,28). The van der Waals surface area contributed by atoms with Crippen molar-refractivity contribution in [3.8, 4) is 0 Å². The Bertz CT molecular complexity index is 1140. The van der Waals surface area contributed by atoms with Crippen LogP contribution in [0, 0.1) is 0 Å². The molecule has 3 rings (SSSR count). The molecule has 0 aliphatic heterocycles. The van der Waals surface area contributed by atoms with Crippen molar-refractivity contribution in [2.75, 3.05) is 24.3 Å². The zero-order valence-electron chi connectivity index (χ0n) is 17.7. The first-order chi connectivity index (χ1) is 14.4. The molecule has 0 aliphatic rings. The summed E-state index contributed by atoms with van der Waals surface area (Å²) < 4.78 is 2.63. The summed E-state index contributed by atoms with van der Waals surface area (Å²) in [5, 5.41) is 3.27. The van der Waals surface area contributed by atoms with E-state index in [9.17, 15) is 14.4 Å². The minimum absolute atomic E-state index is 0.164. The molecule has 0 atom stereocenters. The average Bonchev–Trinajstić information content (AvgIpc) is 2.74. The molecule has 7 heteroatoms. The molecule has 1 N–H and O–H groups in total. The molecular weight excluding hydrogens is 380 g/mol. The van der Waals surface area contributed by atoms with E-state index in [1.165, 1.54) is 9.13 Å². The van der Waals surface area contributed by atoms with E-state index in [0.717, 1.165) is 24.9 Å². The Morgan fingerprint density at radius 2 is 1.67 bits per heavy atom. The Morgan fingerprint density at radius 3 is 2.33 bits per heavy atom. The van der Waals surface area contributed by atoms with Crippen LogP contribution in [0.25, 0.3) is 10.9 Å². The van der Waals surface area contributed by atoms with Crippen LogP contribution in [0.5, 0.6) is 0 Å². The second kappa shape index (κ2) is 9.43. The molecule has 30 heavy (non-hydrogen) atoms. The van der Waals surface area contributed by atoms with Crippen molar-refractivity contribution >= 4 is 28.2 Å². The lowest BCUT2D eigenvalue weighted by Gasteiger charge is -2.15. The molecule has 1 amide bonds. The van der Waals surface area contributed by atoms with Crippen molar-refractivity contribution in [1.82, 2.24) is 9.13 Å². The first kappa shape index (κ1) is 21.4. The van der Waals surface area contributed by atoms with Crippen molar-refractivity contribution in [1.29, 1.82) is 0 Å². The van der Waals surface area contributed by atoms with Gasteiger partial charge in [0.2, 0.25) is 5.91 Å². The van der Waals surface area contributed by atoms with E-state index in [2.05, 4.69) is 12.2 Å². The molecule has 1 aromatic heterocycles. The zero-order valence-corrected chi connectivity index (χ0v) is 17.7. The quantitative estimate of drug-likeness (QED) is 0.581. The summed E-state index contributed by atoms with van der Waals surface area (Å²) in [7, 11) is 3.89. The Balaban J connectivity index is 1.91. The smallest absolute Gasteiger partial charge is 0.331 e. The van der Waals surface area contributed by atoms with E-state index in [1.54, 1.807) is 24.3 Å². The average molecular weight is 409 g/mol. The number of benzene rings is 2. The van der Waals surface area contributed by atoms with Crippen LogP contribution in [-0.4, -0.2) is 29.1 Å². The summed E-state index contributed by atoms with van der Waals surface area (Å²) in [5.74, 6) is -0.321. The van der Waals surface area contributed by atoms with Gasteiger partial charge in [0.15, 0.2) is 0 Å². The highest BCUT2D eigenvalue weighted by molar-refractivity contribution is 5.91. The number of rotatable bonds is 8. The normalized spacial score (nSPS) is 10.9. The van der Waals surface area contributed by atoms with E-state index in [0.29, 0.717) is 23.1 Å². The van der Waals surface area contributed by atoms with Crippen LogP contribution in [-0.2, 0) is 17.9 Å².